The number of ether oxygens (including phenoxy) is 3. The maximum absolute atomic E-state index is 13.0. The Kier molecular flexibility index (Phi) is 8.93. The molecule has 1 heterocycles. The van der Waals surface area contributed by atoms with Crippen LogP contribution in [0.15, 0.2) is 97.2 Å². The highest BCUT2D eigenvalue weighted by atomic mass is 16.6. The van der Waals surface area contributed by atoms with Gasteiger partial charge in [0.05, 0.1) is 14.2 Å². The van der Waals surface area contributed by atoms with Crippen molar-refractivity contribution in [1.82, 2.24) is 9.47 Å². The molecule has 1 amide bonds. The van der Waals surface area contributed by atoms with Gasteiger partial charge in [0.2, 0.25) is 0 Å². The predicted molar refractivity (Wildman–Crippen MR) is 170 cm³/mol. The van der Waals surface area contributed by atoms with Crippen LogP contribution in [0.3, 0.4) is 0 Å². The minimum atomic E-state index is -0.373. The van der Waals surface area contributed by atoms with E-state index < -0.39 is 0 Å². The third-order valence-electron chi connectivity index (χ3n) is 7.41. The molecule has 5 rings (SSSR count). The Morgan fingerprint density at radius 1 is 0.762 bits per heavy atom. The largest absolute Gasteiger partial charge is 0.493 e. The Morgan fingerprint density at radius 2 is 1.43 bits per heavy atom. The minimum Gasteiger partial charge on any atom is -0.493 e. The molecule has 214 valence electrons. The van der Waals surface area contributed by atoms with E-state index in [0.29, 0.717) is 36.9 Å². The summed E-state index contributed by atoms with van der Waals surface area (Å²) in [6, 6.07) is 30.6. The molecule has 0 bridgehead atoms. The van der Waals surface area contributed by atoms with Crippen LogP contribution in [0.2, 0.25) is 0 Å². The summed E-state index contributed by atoms with van der Waals surface area (Å²) in [5.74, 6) is 1.74. The lowest BCUT2D eigenvalue weighted by atomic mass is 10.00. The van der Waals surface area contributed by atoms with E-state index in [0.717, 1.165) is 27.6 Å². The lowest BCUT2D eigenvalue weighted by Crippen LogP contribution is -2.33. The average molecular weight is 561 g/mol. The maximum Gasteiger partial charge on any atom is 0.415 e. The fourth-order valence-corrected chi connectivity index (χ4v) is 5.09. The molecule has 0 unspecified atom stereocenters. The first kappa shape index (κ1) is 28.6. The smallest absolute Gasteiger partial charge is 0.415 e. The van der Waals surface area contributed by atoms with Gasteiger partial charge in [-0.3, -0.25) is 0 Å². The van der Waals surface area contributed by atoms with Crippen LogP contribution in [0.25, 0.3) is 34.2 Å². The van der Waals surface area contributed by atoms with E-state index in [1.807, 2.05) is 62.4 Å². The Bertz CT molecular complexity index is 1680. The molecule has 0 aliphatic carbocycles. The molecule has 0 saturated heterocycles. The normalized spacial score (nSPS) is 11.1. The zero-order valence-corrected chi connectivity index (χ0v) is 24.5. The van der Waals surface area contributed by atoms with Crippen LogP contribution < -0.4 is 14.2 Å². The van der Waals surface area contributed by atoms with E-state index in [2.05, 4.69) is 65.4 Å². The van der Waals surface area contributed by atoms with Gasteiger partial charge in [-0.1, -0.05) is 72.8 Å². The topological polar surface area (TPSA) is 52.9 Å². The third-order valence-corrected chi connectivity index (χ3v) is 7.41. The number of hydrogen-bond donors (Lipinski definition) is 0. The van der Waals surface area contributed by atoms with Crippen molar-refractivity contribution in [2.24, 2.45) is 0 Å². The van der Waals surface area contributed by atoms with Crippen molar-refractivity contribution < 1.29 is 19.0 Å². The second-order valence-corrected chi connectivity index (χ2v) is 9.91. The third kappa shape index (κ3) is 6.18. The fraction of sp³-hybridized carbons (Fsp3) is 0.194. The van der Waals surface area contributed by atoms with Crippen LogP contribution in [-0.4, -0.2) is 42.9 Å². The summed E-state index contributed by atoms with van der Waals surface area (Å²) in [4.78, 5) is 14.6. The highest BCUT2D eigenvalue weighted by Gasteiger charge is 2.20. The van der Waals surface area contributed by atoms with E-state index in [1.54, 1.807) is 19.1 Å². The quantitative estimate of drug-likeness (QED) is 0.161. The van der Waals surface area contributed by atoms with Gasteiger partial charge in [-0.15, -0.1) is 0 Å². The lowest BCUT2D eigenvalue weighted by Gasteiger charge is -2.20. The first-order valence-electron chi connectivity index (χ1n) is 14.2. The Hall–Kier alpha value is -4.97. The van der Waals surface area contributed by atoms with E-state index in [1.165, 1.54) is 11.1 Å². The van der Waals surface area contributed by atoms with Crippen LogP contribution in [0.4, 0.5) is 4.79 Å². The van der Waals surface area contributed by atoms with Crippen molar-refractivity contribution in [2.75, 3.05) is 27.3 Å². The van der Waals surface area contributed by atoms with E-state index in [9.17, 15) is 4.79 Å². The molecule has 0 atom stereocenters. The van der Waals surface area contributed by atoms with Crippen molar-refractivity contribution in [1.29, 1.82) is 0 Å². The van der Waals surface area contributed by atoms with Crippen molar-refractivity contribution in [3.8, 4) is 28.4 Å². The van der Waals surface area contributed by atoms with Gasteiger partial charge in [-0.25, -0.2) is 4.79 Å². The summed E-state index contributed by atoms with van der Waals surface area (Å²) in [6.45, 7) is 5.72. The molecule has 0 N–H and O–H groups in total. The second kappa shape index (κ2) is 13.1. The van der Waals surface area contributed by atoms with Crippen molar-refractivity contribution in [3.05, 3.63) is 114 Å². The zero-order valence-electron chi connectivity index (χ0n) is 24.5. The number of nitrogens with zero attached hydrogens (tertiary/aromatic N) is 2. The monoisotopic (exact) mass is 560 g/mol. The first-order chi connectivity index (χ1) is 20.5. The van der Waals surface area contributed by atoms with Crippen molar-refractivity contribution in [3.63, 3.8) is 0 Å². The molecular weight excluding hydrogens is 524 g/mol. The Labute approximate surface area is 247 Å². The Morgan fingerprint density at radius 3 is 2.10 bits per heavy atom. The second-order valence-electron chi connectivity index (χ2n) is 9.91. The highest BCUT2D eigenvalue weighted by molar-refractivity contribution is 6.00. The van der Waals surface area contributed by atoms with Crippen LogP contribution in [0.5, 0.6) is 17.2 Å². The number of benzene rings is 4. The van der Waals surface area contributed by atoms with Gasteiger partial charge < -0.3 is 23.7 Å². The highest BCUT2D eigenvalue weighted by Crippen LogP contribution is 2.41. The summed E-state index contributed by atoms with van der Waals surface area (Å²) < 4.78 is 19.2. The molecule has 6 heteroatoms. The molecule has 0 aliphatic rings. The molecule has 6 nitrogen and oxygen atoms in total. The molecule has 42 heavy (non-hydrogen) atoms. The number of rotatable bonds is 10. The van der Waals surface area contributed by atoms with Gasteiger partial charge in [-0.05, 0) is 66.4 Å². The molecule has 0 saturated carbocycles. The molecule has 1 aromatic heterocycles. The van der Waals surface area contributed by atoms with Gasteiger partial charge >= 0.3 is 6.09 Å². The number of aromatic nitrogens is 1. The molecule has 0 radical (unpaired) electrons. The van der Waals surface area contributed by atoms with Gasteiger partial charge in [0.1, 0.15) is 5.75 Å². The van der Waals surface area contributed by atoms with Gasteiger partial charge in [0.15, 0.2) is 11.5 Å². The number of fused-ring (bicyclic) bond motifs is 1. The number of methoxy groups -OCH3 is 2. The van der Waals surface area contributed by atoms with E-state index >= 15 is 0 Å². The molecule has 0 aliphatic heterocycles. The van der Waals surface area contributed by atoms with Crippen LogP contribution in [0, 0.1) is 0 Å². The Balaban J connectivity index is 1.49. The number of hydrogen-bond acceptors (Lipinski definition) is 4. The van der Waals surface area contributed by atoms with Crippen molar-refractivity contribution in [2.45, 2.75) is 20.4 Å². The standard InChI is InChI=1S/C36H36N2O4/c1-5-37(6-2)36(39)42-33-21-19-31-30(35(33)29-18-20-32(40-3)34(24-29)41-4)22-23-38(31)25-28-16-14-27(15-17-28)13-12-26-10-8-7-9-11-26/h7-24H,5-6,25H2,1-4H3/b13-12+. The summed E-state index contributed by atoms with van der Waals surface area (Å²) in [5.41, 5.74) is 6.25. The number of carbonyl (C=O) groups is 1. The van der Waals surface area contributed by atoms with Crippen LogP contribution in [0.1, 0.15) is 30.5 Å². The molecule has 5 aromatic rings. The van der Waals surface area contributed by atoms with Crippen LogP contribution >= 0.6 is 0 Å². The SMILES string of the molecule is CCN(CC)C(=O)Oc1ccc2c(ccn2Cc2ccc(/C=C/c3ccccc3)cc2)c1-c1ccc(OC)c(OC)c1. The minimum absolute atomic E-state index is 0.373. The summed E-state index contributed by atoms with van der Waals surface area (Å²) >= 11 is 0. The molecule has 0 spiro atoms. The first-order valence-corrected chi connectivity index (χ1v) is 14.2. The van der Waals surface area contributed by atoms with Gasteiger partial charge in [0, 0.05) is 42.3 Å². The maximum atomic E-state index is 13.0. The van der Waals surface area contributed by atoms with Crippen LogP contribution in [-0.2, 0) is 6.54 Å². The number of amides is 1. The van der Waals surface area contributed by atoms with E-state index in [-0.39, 0.29) is 6.09 Å². The molecule has 4 aromatic carbocycles. The predicted octanol–water partition coefficient (Wildman–Crippen LogP) is 8.38. The average Bonchev–Trinajstić information content (AvgIpc) is 3.43. The molecular formula is C36H36N2O4. The summed E-state index contributed by atoms with van der Waals surface area (Å²) in [7, 11) is 3.23. The lowest BCUT2D eigenvalue weighted by molar-refractivity contribution is 0.157. The fourth-order valence-electron chi connectivity index (χ4n) is 5.09. The summed E-state index contributed by atoms with van der Waals surface area (Å²) in [5, 5.41) is 0.981. The van der Waals surface area contributed by atoms with Crippen molar-refractivity contribution >= 4 is 29.1 Å². The number of carbonyl (C=O) groups excluding carboxylic acids is 1. The zero-order chi connectivity index (χ0) is 29.5. The van der Waals surface area contributed by atoms with E-state index in [4.69, 9.17) is 14.2 Å². The summed E-state index contributed by atoms with van der Waals surface area (Å²) in [6.07, 6.45) is 5.95. The van der Waals surface area contributed by atoms with Gasteiger partial charge in [0.25, 0.3) is 0 Å². The molecule has 0 fully saturated rings. The van der Waals surface area contributed by atoms with Gasteiger partial charge in [-0.2, -0.15) is 0 Å².